The quantitative estimate of drug-likeness (QED) is 0.284. The van der Waals surface area contributed by atoms with E-state index >= 15 is 0 Å². The van der Waals surface area contributed by atoms with Crippen molar-refractivity contribution in [3.8, 4) is 10.4 Å². The molecule has 0 saturated carbocycles. The van der Waals surface area contributed by atoms with Gasteiger partial charge >= 0.3 is 5.97 Å². The standard InChI is InChI=1S/C26H27N3O3S2/c1-3-32-25(31)22-17-23(20-7-5-4-6-8-20)34-24(22)27-26(33)29-15-13-28(14-16-29)21-11-9-19(10-12-21)18(2)30/h4-12,17H,3,13-16H2,1-2H3,(H,27,33). The molecule has 176 valence electrons. The van der Waals surface area contributed by atoms with Crippen LogP contribution in [0.2, 0.25) is 0 Å². The third kappa shape index (κ3) is 5.46. The summed E-state index contributed by atoms with van der Waals surface area (Å²) in [4.78, 5) is 29.5. The maximum absolute atomic E-state index is 12.6. The second kappa shape index (κ2) is 10.8. The SMILES string of the molecule is CCOC(=O)c1cc(-c2ccccc2)sc1NC(=S)N1CCN(c2ccc(C(C)=O)cc2)CC1. The molecule has 0 aliphatic carbocycles. The van der Waals surface area contributed by atoms with Crippen LogP contribution in [0.3, 0.4) is 0 Å². The van der Waals surface area contributed by atoms with Gasteiger partial charge < -0.3 is 19.9 Å². The number of benzene rings is 2. The molecule has 6 nitrogen and oxygen atoms in total. The van der Waals surface area contributed by atoms with Gasteiger partial charge in [-0.1, -0.05) is 30.3 Å². The molecule has 0 amide bonds. The van der Waals surface area contributed by atoms with Gasteiger partial charge in [0.2, 0.25) is 0 Å². The molecule has 1 N–H and O–H groups in total. The van der Waals surface area contributed by atoms with E-state index in [0.29, 0.717) is 22.3 Å². The highest BCUT2D eigenvalue weighted by molar-refractivity contribution is 7.80. The van der Waals surface area contributed by atoms with E-state index in [0.717, 1.165) is 47.9 Å². The number of anilines is 2. The molecule has 4 rings (SSSR count). The van der Waals surface area contributed by atoms with E-state index in [4.69, 9.17) is 17.0 Å². The Balaban J connectivity index is 1.44. The number of Topliss-reactive ketones (excluding diaryl/α,β-unsaturated/α-hetero) is 1. The Kier molecular flexibility index (Phi) is 7.59. The van der Waals surface area contributed by atoms with Gasteiger partial charge in [-0.05, 0) is 62.0 Å². The Bertz CT molecular complexity index is 1170. The van der Waals surface area contributed by atoms with Crippen molar-refractivity contribution in [2.75, 3.05) is 43.0 Å². The zero-order chi connectivity index (χ0) is 24.1. The average Bonchev–Trinajstić information content (AvgIpc) is 3.29. The first-order valence-corrected chi connectivity index (χ1v) is 12.5. The van der Waals surface area contributed by atoms with Gasteiger partial charge in [-0.25, -0.2) is 4.79 Å². The lowest BCUT2D eigenvalue weighted by atomic mass is 10.1. The smallest absolute Gasteiger partial charge is 0.341 e. The largest absolute Gasteiger partial charge is 0.462 e. The molecular weight excluding hydrogens is 466 g/mol. The number of carbonyl (C=O) groups is 2. The van der Waals surface area contributed by atoms with Crippen LogP contribution in [0.5, 0.6) is 0 Å². The molecule has 1 aromatic heterocycles. The highest BCUT2D eigenvalue weighted by atomic mass is 32.1. The zero-order valence-corrected chi connectivity index (χ0v) is 20.9. The van der Waals surface area contributed by atoms with Crippen molar-refractivity contribution in [3.05, 3.63) is 71.8 Å². The normalized spacial score (nSPS) is 13.5. The predicted molar refractivity (Wildman–Crippen MR) is 142 cm³/mol. The van der Waals surface area contributed by atoms with Crippen molar-refractivity contribution >= 4 is 51.1 Å². The summed E-state index contributed by atoms with van der Waals surface area (Å²) in [6.45, 7) is 6.82. The molecule has 1 saturated heterocycles. The molecule has 0 unspecified atom stereocenters. The summed E-state index contributed by atoms with van der Waals surface area (Å²) in [5, 5.41) is 4.60. The van der Waals surface area contributed by atoms with Crippen molar-refractivity contribution in [3.63, 3.8) is 0 Å². The van der Waals surface area contributed by atoms with Gasteiger partial charge in [-0.3, -0.25) is 4.79 Å². The summed E-state index contributed by atoms with van der Waals surface area (Å²) >= 11 is 7.20. The number of thiocarbonyl (C=S) groups is 1. The van der Waals surface area contributed by atoms with Gasteiger partial charge in [-0.15, -0.1) is 11.3 Å². The van der Waals surface area contributed by atoms with Crippen molar-refractivity contribution in [2.45, 2.75) is 13.8 Å². The monoisotopic (exact) mass is 493 g/mol. The number of carbonyl (C=O) groups excluding carboxylic acids is 2. The number of ether oxygens (including phenoxy) is 1. The number of hydrogen-bond donors (Lipinski definition) is 1. The molecule has 0 atom stereocenters. The van der Waals surface area contributed by atoms with Crippen molar-refractivity contribution < 1.29 is 14.3 Å². The molecule has 1 aliphatic rings. The summed E-state index contributed by atoms with van der Waals surface area (Å²) in [6, 6.07) is 19.5. The first-order valence-electron chi connectivity index (χ1n) is 11.2. The van der Waals surface area contributed by atoms with Crippen LogP contribution in [0.25, 0.3) is 10.4 Å². The van der Waals surface area contributed by atoms with Crippen molar-refractivity contribution in [2.24, 2.45) is 0 Å². The van der Waals surface area contributed by atoms with Gasteiger partial charge in [-0.2, -0.15) is 0 Å². The lowest BCUT2D eigenvalue weighted by molar-refractivity contribution is 0.0528. The summed E-state index contributed by atoms with van der Waals surface area (Å²) < 4.78 is 5.27. The van der Waals surface area contributed by atoms with Crippen molar-refractivity contribution in [1.82, 2.24) is 4.90 Å². The maximum Gasteiger partial charge on any atom is 0.341 e. The fourth-order valence-electron chi connectivity index (χ4n) is 3.84. The van der Waals surface area contributed by atoms with E-state index in [1.807, 2.05) is 60.7 Å². The van der Waals surface area contributed by atoms with E-state index < -0.39 is 0 Å². The number of esters is 1. The minimum Gasteiger partial charge on any atom is -0.462 e. The molecule has 8 heteroatoms. The van der Waals surface area contributed by atoms with Crippen LogP contribution in [0.1, 0.15) is 34.6 Å². The van der Waals surface area contributed by atoms with Gasteiger partial charge in [0, 0.05) is 42.3 Å². The van der Waals surface area contributed by atoms with Crippen LogP contribution < -0.4 is 10.2 Å². The Morgan fingerprint density at radius 1 is 1.03 bits per heavy atom. The molecule has 2 aromatic carbocycles. The van der Waals surface area contributed by atoms with Crippen LogP contribution in [-0.2, 0) is 4.74 Å². The van der Waals surface area contributed by atoms with Gasteiger partial charge in [0.15, 0.2) is 10.9 Å². The van der Waals surface area contributed by atoms with Crippen LogP contribution in [-0.4, -0.2) is 54.6 Å². The zero-order valence-electron chi connectivity index (χ0n) is 19.2. The highest BCUT2D eigenvalue weighted by Gasteiger charge is 2.23. The third-order valence-electron chi connectivity index (χ3n) is 5.71. The predicted octanol–water partition coefficient (Wildman–Crippen LogP) is 5.31. The second-order valence-electron chi connectivity index (χ2n) is 7.95. The van der Waals surface area contributed by atoms with E-state index in [9.17, 15) is 9.59 Å². The Morgan fingerprint density at radius 2 is 1.71 bits per heavy atom. The van der Waals surface area contributed by atoms with Gasteiger partial charge in [0.25, 0.3) is 0 Å². The maximum atomic E-state index is 12.6. The average molecular weight is 494 g/mol. The number of ketones is 1. The topological polar surface area (TPSA) is 61.9 Å². The number of nitrogens with zero attached hydrogens (tertiary/aromatic N) is 2. The third-order valence-corrected chi connectivity index (χ3v) is 7.17. The summed E-state index contributed by atoms with van der Waals surface area (Å²) in [7, 11) is 0. The van der Waals surface area contributed by atoms with Crippen LogP contribution in [0.15, 0.2) is 60.7 Å². The lowest BCUT2D eigenvalue weighted by Gasteiger charge is -2.37. The molecule has 0 radical (unpaired) electrons. The molecule has 0 bridgehead atoms. The number of piperazine rings is 1. The van der Waals surface area contributed by atoms with E-state index in [-0.39, 0.29) is 11.8 Å². The van der Waals surface area contributed by atoms with E-state index in [1.54, 1.807) is 13.8 Å². The number of rotatable bonds is 6. The first kappa shape index (κ1) is 23.9. The summed E-state index contributed by atoms with van der Waals surface area (Å²) in [5.74, 6) is -0.288. The molecule has 0 spiro atoms. The van der Waals surface area contributed by atoms with Gasteiger partial charge in [0.05, 0.1) is 12.2 Å². The molecule has 1 fully saturated rings. The van der Waals surface area contributed by atoms with E-state index in [1.165, 1.54) is 11.3 Å². The minimum atomic E-state index is -0.356. The number of nitrogens with one attached hydrogen (secondary N) is 1. The van der Waals surface area contributed by atoms with Crippen molar-refractivity contribution in [1.29, 1.82) is 0 Å². The summed E-state index contributed by atoms with van der Waals surface area (Å²) in [5.41, 5.74) is 3.36. The summed E-state index contributed by atoms with van der Waals surface area (Å²) in [6.07, 6.45) is 0. The molecule has 34 heavy (non-hydrogen) atoms. The number of hydrogen-bond acceptors (Lipinski definition) is 6. The van der Waals surface area contributed by atoms with E-state index in [2.05, 4.69) is 15.1 Å². The molecule has 2 heterocycles. The fraction of sp³-hybridized carbons (Fsp3) is 0.269. The Hall–Kier alpha value is -3.23. The molecule has 3 aromatic rings. The lowest BCUT2D eigenvalue weighted by Crippen LogP contribution is -2.50. The molecule has 1 aliphatic heterocycles. The van der Waals surface area contributed by atoms with Crippen LogP contribution >= 0.6 is 23.6 Å². The minimum absolute atomic E-state index is 0.0685. The van der Waals surface area contributed by atoms with Gasteiger partial charge in [0.1, 0.15) is 5.00 Å². The Morgan fingerprint density at radius 3 is 2.32 bits per heavy atom. The van der Waals surface area contributed by atoms with Crippen LogP contribution in [0, 0.1) is 0 Å². The number of thiophene rings is 1. The first-order chi connectivity index (χ1) is 16.5. The fourth-order valence-corrected chi connectivity index (χ4v) is 5.24. The second-order valence-corrected chi connectivity index (χ2v) is 9.39. The molecular formula is C26H27N3O3S2. The Labute approximate surface area is 209 Å². The van der Waals surface area contributed by atoms with Crippen LogP contribution in [0.4, 0.5) is 10.7 Å². The highest BCUT2D eigenvalue weighted by Crippen LogP contribution is 2.36.